The second kappa shape index (κ2) is 8.57. The van der Waals surface area contributed by atoms with Gasteiger partial charge in [-0.2, -0.15) is 0 Å². The summed E-state index contributed by atoms with van der Waals surface area (Å²) in [6, 6.07) is 6.57. The Morgan fingerprint density at radius 2 is 1.96 bits per heavy atom. The predicted octanol–water partition coefficient (Wildman–Crippen LogP) is 4.09. The highest BCUT2D eigenvalue weighted by molar-refractivity contribution is 6.42. The summed E-state index contributed by atoms with van der Waals surface area (Å²) in [7, 11) is 0. The summed E-state index contributed by atoms with van der Waals surface area (Å²) in [6.07, 6.45) is 5.76. The molecule has 1 aromatic rings. The Bertz CT molecular complexity index is 539. The number of nitrogens with one attached hydrogen (secondary N) is 1. The molecule has 0 saturated carbocycles. The number of hydrogen-bond donors (Lipinski definition) is 1. The average molecular weight is 378 g/mol. The topological polar surface area (TPSA) is 32.3 Å². The zero-order chi connectivity index (χ0) is 15.5. The van der Waals surface area contributed by atoms with Crippen LogP contribution in [0.3, 0.4) is 0 Å². The molecule has 2 fully saturated rings. The van der Waals surface area contributed by atoms with E-state index in [0.29, 0.717) is 34.5 Å². The van der Waals surface area contributed by atoms with E-state index in [1.54, 1.807) is 0 Å². The van der Waals surface area contributed by atoms with E-state index in [4.69, 9.17) is 23.2 Å². The molecule has 2 unspecified atom stereocenters. The van der Waals surface area contributed by atoms with Crippen LogP contribution in [0.4, 0.5) is 0 Å². The van der Waals surface area contributed by atoms with Crippen molar-refractivity contribution in [2.45, 2.75) is 50.6 Å². The Labute approximate surface area is 154 Å². The van der Waals surface area contributed by atoms with Gasteiger partial charge >= 0.3 is 0 Å². The third kappa shape index (κ3) is 4.54. The second-order valence-corrected chi connectivity index (χ2v) is 7.10. The number of hydrogen-bond acceptors (Lipinski definition) is 2. The Morgan fingerprint density at radius 3 is 2.74 bits per heavy atom. The van der Waals surface area contributed by atoms with E-state index in [1.165, 1.54) is 6.42 Å². The molecule has 128 valence electrons. The summed E-state index contributed by atoms with van der Waals surface area (Å²) in [4.78, 5) is 14.7. The van der Waals surface area contributed by atoms with Crippen LogP contribution in [-0.4, -0.2) is 36.0 Å². The number of aryl methyl sites for hydroxylation is 1. The molecule has 6 heteroatoms. The van der Waals surface area contributed by atoms with Crippen molar-refractivity contribution in [3.63, 3.8) is 0 Å². The van der Waals surface area contributed by atoms with Gasteiger partial charge in [0.05, 0.1) is 10.0 Å². The first-order valence-corrected chi connectivity index (χ1v) is 8.86. The minimum absolute atomic E-state index is 0. The number of nitrogens with zero attached hydrogens (tertiary/aromatic N) is 1. The van der Waals surface area contributed by atoms with Crippen molar-refractivity contribution in [3.8, 4) is 0 Å². The van der Waals surface area contributed by atoms with Crippen LogP contribution in [0.1, 0.15) is 37.7 Å². The molecule has 2 heterocycles. The lowest BCUT2D eigenvalue weighted by atomic mass is 10.1. The molecule has 0 aliphatic carbocycles. The van der Waals surface area contributed by atoms with Crippen molar-refractivity contribution in [3.05, 3.63) is 33.8 Å². The number of benzene rings is 1. The maximum Gasteiger partial charge on any atom is 0.223 e. The molecule has 1 N–H and O–H groups in total. The fourth-order valence-electron chi connectivity index (χ4n) is 3.66. The minimum atomic E-state index is 0. The number of rotatable bonds is 4. The number of halogens is 3. The van der Waals surface area contributed by atoms with E-state index in [9.17, 15) is 4.79 Å². The van der Waals surface area contributed by atoms with Crippen LogP contribution < -0.4 is 5.32 Å². The smallest absolute Gasteiger partial charge is 0.223 e. The highest BCUT2D eigenvalue weighted by Crippen LogP contribution is 2.29. The fourth-order valence-corrected chi connectivity index (χ4v) is 3.98. The zero-order valence-electron chi connectivity index (χ0n) is 13.1. The summed E-state index contributed by atoms with van der Waals surface area (Å²) >= 11 is 12.0. The normalized spacial score (nSPS) is 23.3. The van der Waals surface area contributed by atoms with Gasteiger partial charge in [-0.1, -0.05) is 29.3 Å². The van der Waals surface area contributed by atoms with Gasteiger partial charge in [-0.05, 0) is 56.3 Å². The first kappa shape index (κ1) is 18.9. The Morgan fingerprint density at radius 1 is 1.17 bits per heavy atom. The van der Waals surface area contributed by atoms with Crippen LogP contribution in [0, 0.1) is 0 Å². The number of amides is 1. The van der Waals surface area contributed by atoms with Crippen LogP contribution in [-0.2, 0) is 11.2 Å². The second-order valence-electron chi connectivity index (χ2n) is 6.28. The third-order valence-corrected chi connectivity index (χ3v) is 5.52. The standard InChI is InChI=1S/C17H22Cl2N2O.ClH/c18-15-7-4-12(10-16(15)19)2-1-3-17(22)21-13-5-6-14(21)11-20-9-8-13;/h4,7,10,13-14,20H,1-3,5-6,8-9,11H2;1H. The van der Waals surface area contributed by atoms with E-state index in [-0.39, 0.29) is 12.4 Å². The molecule has 1 amide bonds. The molecule has 0 radical (unpaired) electrons. The summed E-state index contributed by atoms with van der Waals surface area (Å²) in [6.45, 7) is 1.99. The molecule has 1 aromatic carbocycles. The van der Waals surface area contributed by atoms with Gasteiger partial charge in [-0.25, -0.2) is 0 Å². The molecule has 0 aromatic heterocycles. The van der Waals surface area contributed by atoms with Gasteiger partial charge in [0.2, 0.25) is 5.91 Å². The molecule has 3 nitrogen and oxygen atoms in total. The van der Waals surface area contributed by atoms with E-state index in [2.05, 4.69) is 10.2 Å². The molecular weight excluding hydrogens is 355 g/mol. The van der Waals surface area contributed by atoms with Crippen LogP contribution in [0.15, 0.2) is 18.2 Å². The lowest BCUT2D eigenvalue weighted by Crippen LogP contribution is -2.42. The largest absolute Gasteiger partial charge is 0.335 e. The van der Waals surface area contributed by atoms with Crippen molar-refractivity contribution < 1.29 is 4.79 Å². The van der Waals surface area contributed by atoms with Crippen LogP contribution >= 0.6 is 35.6 Å². The summed E-state index contributed by atoms with van der Waals surface area (Å²) < 4.78 is 0. The van der Waals surface area contributed by atoms with Gasteiger partial charge in [0.15, 0.2) is 0 Å². The molecule has 0 spiro atoms. The lowest BCUT2D eigenvalue weighted by Gasteiger charge is -2.28. The van der Waals surface area contributed by atoms with E-state index in [1.807, 2.05) is 18.2 Å². The third-order valence-electron chi connectivity index (χ3n) is 4.78. The van der Waals surface area contributed by atoms with Crippen LogP contribution in [0.5, 0.6) is 0 Å². The van der Waals surface area contributed by atoms with Crippen LogP contribution in [0.2, 0.25) is 10.0 Å². The number of carbonyl (C=O) groups excluding carboxylic acids is 1. The predicted molar refractivity (Wildman–Crippen MR) is 97.8 cm³/mol. The van der Waals surface area contributed by atoms with E-state index in [0.717, 1.165) is 44.3 Å². The first-order chi connectivity index (χ1) is 10.6. The fraction of sp³-hybridized carbons (Fsp3) is 0.588. The molecular formula is C17H23Cl3N2O. The zero-order valence-corrected chi connectivity index (χ0v) is 15.4. The van der Waals surface area contributed by atoms with Gasteiger partial charge in [-0.15, -0.1) is 12.4 Å². The summed E-state index contributed by atoms with van der Waals surface area (Å²) in [5.74, 6) is 0.316. The quantitative estimate of drug-likeness (QED) is 0.857. The van der Waals surface area contributed by atoms with E-state index >= 15 is 0 Å². The van der Waals surface area contributed by atoms with Crippen molar-refractivity contribution in [1.82, 2.24) is 10.2 Å². The van der Waals surface area contributed by atoms with Crippen molar-refractivity contribution >= 4 is 41.5 Å². The SMILES string of the molecule is Cl.O=C(CCCc1ccc(Cl)c(Cl)c1)N1C2CCNCC1CC2. The van der Waals surface area contributed by atoms with Gasteiger partial charge < -0.3 is 10.2 Å². The van der Waals surface area contributed by atoms with Gasteiger partial charge in [0.25, 0.3) is 0 Å². The molecule has 2 bridgehead atoms. The maximum atomic E-state index is 12.6. The maximum absolute atomic E-state index is 12.6. The Balaban J connectivity index is 0.00000192. The Kier molecular flexibility index (Phi) is 7.02. The molecule has 3 rings (SSSR count). The highest BCUT2D eigenvalue weighted by Gasteiger charge is 2.37. The molecule has 2 aliphatic rings. The molecule has 2 aliphatic heterocycles. The first-order valence-electron chi connectivity index (χ1n) is 8.11. The number of fused-ring (bicyclic) bond motifs is 2. The van der Waals surface area contributed by atoms with Gasteiger partial charge in [-0.3, -0.25) is 4.79 Å². The molecule has 23 heavy (non-hydrogen) atoms. The Hall–Kier alpha value is -0.480. The van der Waals surface area contributed by atoms with E-state index < -0.39 is 0 Å². The monoisotopic (exact) mass is 376 g/mol. The summed E-state index contributed by atoms with van der Waals surface area (Å²) in [5.41, 5.74) is 1.14. The van der Waals surface area contributed by atoms with Gasteiger partial charge in [0, 0.05) is 25.0 Å². The molecule has 2 atom stereocenters. The lowest BCUT2D eigenvalue weighted by molar-refractivity contribution is -0.133. The number of carbonyl (C=O) groups is 1. The van der Waals surface area contributed by atoms with Crippen molar-refractivity contribution in [1.29, 1.82) is 0 Å². The van der Waals surface area contributed by atoms with Crippen LogP contribution in [0.25, 0.3) is 0 Å². The van der Waals surface area contributed by atoms with Gasteiger partial charge in [0.1, 0.15) is 0 Å². The minimum Gasteiger partial charge on any atom is -0.335 e. The summed E-state index contributed by atoms with van der Waals surface area (Å²) in [5, 5.41) is 4.60. The average Bonchev–Trinajstić information content (AvgIpc) is 2.76. The molecule has 2 saturated heterocycles. The highest BCUT2D eigenvalue weighted by atomic mass is 35.5. The van der Waals surface area contributed by atoms with Crippen molar-refractivity contribution in [2.75, 3.05) is 13.1 Å². The van der Waals surface area contributed by atoms with Crippen molar-refractivity contribution in [2.24, 2.45) is 0 Å².